The molecular formula is C14H26N2OS. The molecule has 0 saturated heterocycles. The summed E-state index contributed by atoms with van der Waals surface area (Å²) < 4.78 is 5.28. The fourth-order valence-electron chi connectivity index (χ4n) is 1.91. The first-order chi connectivity index (χ1) is 8.45. The van der Waals surface area contributed by atoms with Gasteiger partial charge < -0.3 is 10.1 Å². The molecule has 0 bridgehead atoms. The second-order valence-electron chi connectivity index (χ2n) is 5.50. The summed E-state index contributed by atoms with van der Waals surface area (Å²) in [5, 5.41) is 6.95. The van der Waals surface area contributed by atoms with Crippen LogP contribution in [-0.4, -0.2) is 24.7 Å². The van der Waals surface area contributed by atoms with Gasteiger partial charge in [0.15, 0.2) is 0 Å². The van der Waals surface area contributed by atoms with Crippen LogP contribution in [0, 0.1) is 5.92 Å². The van der Waals surface area contributed by atoms with Crippen molar-refractivity contribution in [3.63, 3.8) is 0 Å². The van der Waals surface area contributed by atoms with Crippen molar-refractivity contribution in [3.8, 4) is 0 Å². The summed E-state index contributed by atoms with van der Waals surface area (Å²) in [6, 6.07) is 0.725. The van der Waals surface area contributed by atoms with Gasteiger partial charge in [-0.15, -0.1) is 11.3 Å². The zero-order valence-corrected chi connectivity index (χ0v) is 13.2. The van der Waals surface area contributed by atoms with Crippen LogP contribution in [-0.2, 0) is 4.74 Å². The third-order valence-electron chi connectivity index (χ3n) is 2.91. The Labute approximate surface area is 115 Å². The lowest BCUT2D eigenvalue weighted by Gasteiger charge is -2.25. The maximum absolute atomic E-state index is 5.28. The first-order valence-corrected chi connectivity index (χ1v) is 7.54. The van der Waals surface area contributed by atoms with E-state index in [0.29, 0.717) is 17.9 Å². The number of hydrogen-bond donors (Lipinski definition) is 1. The van der Waals surface area contributed by atoms with E-state index in [2.05, 4.69) is 45.3 Å². The van der Waals surface area contributed by atoms with Crippen LogP contribution in [0.5, 0.6) is 0 Å². The molecule has 0 amide bonds. The Bertz CT molecular complexity index is 349. The molecule has 104 valence electrons. The average molecular weight is 270 g/mol. The molecule has 0 radical (unpaired) electrons. The van der Waals surface area contributed by atoms with Crippen LogP contribution in [0.2, 0.25) is 0 Å². The molecule has 2 atom stereocenters. The fraction of sp³-hybridized carbons (Fsp3) is 0.786. The topological polar surface area (TPSA) is 34.1 Å². The summed E-state index contributed by atoms with van der Waals surface area (Å²) in [7, 11) is 1.75. The van der Waals surface area contributed by atoms with Gasteiger partial charge in [0, 0.05) is 24.4 Å². The van der Waals surface area contributed by atoms with Crippen LogP contribution >= 0.6 is 11.3 Å². The molecule has 1 N–H and O–H groups in total. The van der Waals surface area contributed by atoms with Crippen molar-refractivity contribution in [3.05, 3.63) is 16.1 Å². The van der Waals surface area contributed by atoms with Gasteiger partial charge in [-0.2, -0.15) is 0 Å². The van der Waals surface area contributed by atoms with Crippen molar-refractivity contribution < 1.29 is 4.74 Å². The van der Waals surface area contributed by atoms with Crippen LogP contribution in [0.15, 0.2) is 5.38 Å². The smallest absolute Gasteiger partial charge is 0.110 e. The molecule has 0 aliphatic heterocycles. The van der Waals surface area contributed by atoms with E-state index in [1.54, 1.807) is 18.4 Å². The maximum Gasteiger partial charge on any atom is 0.110 e. The molecule has 1 aromatic rings. The standard InChI is InChI=1S/C14H26N2OS/c1-9(2)12-8-18-14(16-12)13(15-10(3)4)11(5)7-17-6/h8-11,13,15H,7H2,1-6H3. The Morgan fingerprint density at radius 2 is 1.94 bits per heavy atom. The van der Waals surface area contributed by atoms with Gasteiger partial charge in [0.2, 0.25) is 0 Å². The average Bonchev–Trinajstić information content (AvgIpc) is 2.75. The number of aromatic nitrogens is 1. The molecule has 3 nitrogen and oxygen atoms in total. The van der Waals surface area contributed by atoms with Crippen molar-refractivity contribution in [2.24, 2.45) is 5.92 Å². The highest BCUT2D eigenvalue weighted by Gasteiger charge is 2.23. The van der Waals surface area contributed by atoms with Crippen molar-refractivity contribution in [2.75, 3.05) is 13.7 Å². The minimum atomic E-state index is 0.280. The predicted octanol–water partition coefficient (Wildman–Crippen LogP) is 3.59. The van der Waals surface area contributed by atoms with Crippen LogP contribution in [0.1, 0.15) is 57.3 Å². The zero-order chi connectivity index (χ0) is 13.7. The zero-order valence-electron chi connectivity index (χ0n) is 12.4. The highest BCUT2D eigenvalue weighted by atomic mass is 32.1. The van der Waals surface area contributed by atoms with Gasteiger partial charge in [-0.1, -0.05) is 34.6 Å². The molecule has 0 aromatic carbocycles. The minimum Gasteiger partial charge on any atom is -0.384 e. The summed E-state index contributed by atoms with van der Waals surface area (Å²) in [6.07, 6.45) is 0. The number of nitrogens with zero attached hydrogens (tertiary/aromatic N) is 1. The largest absolute Gasteiger partial charge is 0.384 e. The van der Waals surface area contributed by atoms with E-state index in [4.69, 9.17) is 9.72 Å². The quantitative estimate of drug-likeness (QED) is 0.822. The molecule has 0 spiro atoms. The molecule has 4 heteroatoms. The monoisotopic (exact) mass is 270 g/mol. The molecule has 2 unspecified atom stereocenters. The molecule has 0 aliphatic carbocycles. The van der Waals surface area contributed by atoms with E-state index < -0.39 is 0 Å². The van der Waals surface area contributed by atoms with Gasteiger partial charge in [0.25, 0.3) is 0 Å². The minimum absolute atomic E-state index is 0.280. The Balaban J connectivity index is 2.86. The number of hydrogen-bond acceptors (Lipinski definition) is 4. The number of methoxy groups -OCH3 is 1. The predicted molar refractivity (Wildman–Crippen MR) is 78.3 cm³/mol. The molecule has 18 heavy (non-hydrogen) atoms. The van der Waals surface area contributed by atoms with Crippen molar-refractivity contribution in [1.82, 2.24) is 10.3 Å². The lowest BCUT2D eigenvalue weighted by atomic mass is 10.0. The van der Waals surface area contributed by atoms with Gasteiger partial charge in [-0.3, -0.25) is 0 Å². The van der Waals surface area contributed by atoms with Crippen molar-refractivity contribution in [1.29, 1.82) is 0 Å². The Morgan fingerprint density at radius 1 is 1.28 bits per heavy atom. The van der Waals surface area contributed by atoms with Crippen molar-refractivity contribution >= 4 is 11.3 Å². The Kier molecular flexibility index (Phi) is 6.26. The third-order valence-corrected chi connectivity index (χ3v) is 3.85. The van der Waals surface area contributed by atoms with Crippen LogP contribution in [0.3, 0.4) is 0 Å². The van der Waals surface area contributed by atoms with Gasteiger partial charge in [-0.05, 0) is 5.92 Å². The van der Waals surface area contributed by atoms with Gasteiger partial charge in [0.1, 0.15) is 5.01 Å². The molecule has 0 fully saturated rings. The first-order valence-electron chi connectivity index (χ1n) is 6.66. The van der Waals surface area contributed by atoms with Crippen LogP contribution < -0.4 is 5.32 Å². The summed E-state index contributed by atoms with van der Waals surface area (Å²) in [4.78, 5) is 4.77. The Hall–Kier alpha value is -0.450. The molecule has 1 heterocycles. The van der Waals surface area contributed by atoms with Crippen LogP contribution in [0.4, 0.5) is 0 Å². The summed E-state index contributed by atoms with van der Waals surface area (Å²) in [6.45, 7) is 11.7. The van der Waals surface area contributed by atoms with E-state index in [9.17, 15) is 0 Å². The van der Waals surface area contributed by atoms with Gasteiger partial charge >= 0.3 is 0 Å². The summed E-state index contributed by atoms with van der Waals surface area (Å²) >= 11 is 1.75. The lowest BCUT2D eigenvalue weighted by Crippen LogP contribution is -2.34. The second kappa shape index (κ2) is 7.22. The van der Waals surface area contributed by atoms with E-state index in [0.717, 1.165) is 6.61 Å². The summed E-state index contributed by atoms with van der Waals surface area (Å²) in [5.41, 5.74) is 1.19. The number of nitrogens with one attached hydrogen (secondary N) is 1. The molecular weight excluding hydrogens is 244 g/mol. The fourth-order valence-corrected chi connectivity index (χ4v) is 3.08. The number of thiazole rings is 1. The van der Waals surface area contributed by atoms with E-state index in [1.807, 2.05) is 0 Å². The van der Waals surface area contributed by atoms with E-state index in [-0.39, 0.29) is 6.04 Å². The van der Waals surface area contributed by atoms with Gasteiger partial charge in [-0.25, -0.2) is 4.98 Å². The second-order valence-corrected chi connectivity index (χ2v) is 6.39. The number of rotatable bonds is 7. The maximum atomic E-state index is 5.28. The normalized spacial score (nSPS) is 15.3. The molecule has 0 aliphatic rings. The molecule has 1 rings (SSSR count). The first kappa shape index (κ1) is 15.6. The SMILES string of the molecule is COCC(C)C(NC(C)C)c1nc(C(C)C)cs1. The van der Waals surface area contributed by atoms with E-state index in [1.165, 1.54) is 10.7 Å². The summed E-state index contributed by atoms with van der Waals surface area (Å²) in [5.74, 6) is 0.913. The molecule has 0 saturated carbocycles. The number of ether oxygens (including phenoxy) is 1. The van der Waals surface area contributed by atoms with Gasteiger partial charge in [0.05, 0.1) is 18.3 Å². The third kappa shape index (κ3) is 4.34. The highest BCUT2D eigenvalue weighted by Crippen LogP contribution is 2.28. The van der Waals surface area contributed by atoms with Crippen molar-refractivity contribution in [2.45, 2.75) is 52.6 Å². The molecule has 1 aromatic heterocycles. The van der Waals surface area contributed by atoms with E-state index >= 15 is 0 Å². The van der Waals surface area contributed by atoms with Crippen LogP contribution in [0.25, 0.3) is 0 Å². The highest BCUT2D eigenvalue weighted by molar-refractivity contribution is 7.09. The lowest BCUT2D eigenvalue weighted by molar-refractivity contribution is 0.136. The Morgan fingerprint density at radius 3 is 2.39 bits per heavy atom.